The van der Waals surface area contributed by atoms with Crippen molar-refractivity contribution in [1.29, 1.82) is 0 Å². The Kier molecular flexibility index (Phi) is 6.95. The molecule has 2 fully saturated rings. The number of halogens is 2. The quantitative estimate of drug-likeness (QED) is 0.342. The van der Waals surface area contributed by atoms with Gasteiger partial charge in [0.05, 0.1) is 17.4 Å². The lowest BCUT2D eigenvalue weighted by Gasteiger charge is -2.31. The number of anilines is 2. The Morgan fingerprint density at radius 2 is 1.77 bits per heavy atom. The summed E-state index contributed by atoms with van der Waals surface area (Å²) in [5, 5.41) is 10.8. The van der Waals surface area contributed by atoms with Crippen LogP contribution in [0.15, 0.2) is 55.0 Å². The van der Waals surface area contributed by atoms with Crippen molar-refractivity contribution in [1.82, 2.24) is 25.1 Å². The predicted molar refractivity (Wildman–Crippen MR) is 147 cm³/mol. The fraction of sp³-hybridized carbons (Fsp3) is 0.379. The zero-order valence-electron chi connectivity index (χ0n) is 21.7. The molecule has 1 amide bonds. The number of aromatic nitrogens is 4. The summed E-state index contributed by atoms with van der Waals surface area (Å²) >= 11 is 0. The van der Waals surface area contributed by atoms with Gasteiger partial charge in [-0.2, -0.15) is 5.10 Å². The van der Waals surface area contributed by atoms with Crippen molar-refractivity contribution in [2.75, 3.05) is 36.4 Å². The molecule has 1 aromatic carbocycles. The number of amides is 1. The standard InChI is InChI=1S/C29H31F2N7O/c30-29(31)8-12-37(13-9-29)19-20-14-22(17-32-16-20)21-4-6-25-24(15-21)27(36-35-25)28(39)34-23-5-7-26(33-18-23)38-10-2-1-3-11-38/h4-7,14-18H,1-3,8-13,19H2,(H,34,39)(H,35,36). The van der Waals surface area contributed by atoms with Gasteiger partial charge in [0.1, 0.15) is 5.82 Å². The second-order valence-electron chi connectivity index (χ2n) is 10.5. The molecular formula is C29H31F2N7O. The molecule has 0 spiro atoms. The molecule has 202 valence electrons. The monoisotopic (exact) mass is 531 g/mol. The Labute approximate surface area is 225 Å². The minimum atomic E-state index is -2.56. The van der Waals surface area contributed by atoms with E-state index in [1.807, 2.05) is 41.3 Å². The van der Waals surface area contributed by atoms with Gasteiger partial charge in [0, 0.05) is 68.9 Å². The maximum atomic E-state index is 13.5. The van der Waals surface area contributed by atoms with E-state index in [0.717, 1.165) is 41.1 Å². The van der Waals surface area contributed by atoms with E-state index in [-0.39, 0.29) is 18.7 Å². The van der Waals surface area contributed by atoms with Gasteiger partial charge in [0.2, 0.25) is 0 Å². The van der Waals surface area contributed by atoms with E-state index in [9.17, 15) is 13.6 Å². The zero-order chi connectivity index (χ0) is 26.8. The Morgan fingerprint density at radius 3 is 2.54 bits per heavy atom. The third-order valence-corrected chi connectivity index (χ3v) is 7.59. The zero-order valence-corrected chi connectivity index (χ0v) is 21.7. The van der Waals surface area contributed by atoms with Gasteiger partial charge >= 0.3 is 0 Å². The molecule has 0 radical (unpaired) electrons. The Bertz CT molecular complexity index is 1450. The van der Waals surface area contributed by atoms with E-state index < -0.39 is 5.92 Å². The number of rotatable bonds is 6. The Hall–Kier alpha value is -3.92. The Balaban J connectivity index is 1.17. The second kappa shape index (κ2) is 10.7. The van der Waals surface area contributed by atoms with Crippen LogP contribution in [0.4, 0.5) is 20.3 Å². The fourth-order valence-corrected chi connectivity index (χ4v) is 5.36. The highest BCUT2D eigenvalue weighted by Gasteiger charge is 2.33. The van der Waals surface area contributed by atoms with Crippen LogP contribution in [0, 0.1) is 0 Å². The number of hydrogen-bond acceptors (Lipinski definition) is 6. The van der Waals surface area contributed by atoms with Crippen molar-refractivity contribution < 1.29 is 13.6 Å². The van der Waals surface area contributed by atoms with Crippen molar-refractivity contribution in [3.8, 4) is 11.1 Å². The first-order valence-corrected chi connectivity index (χ1v) is 13.5. The third-order valence-electron chi connectivity index (χ3n) is 7.59. The maximum absolute atomic E-state index is 13.5. The topological polar surface area (TPSA) is 90.0 Å². The van der Waals surface area contributed by atoms with Gasteiger partial charge in [0.15, 0.2) is 5.69 Å². The molecule has 0 aliphatic carbocycles. The number of alkyl halides is 2. The molecule has 0 atom stereocenters. The number of benzene rings is 1. The molecule has 2 N–H and O–H groups in total. The normalized spacial score (nSPS) is 17.8. The second-order valence-corrected chi connectivity index (χ2v) is 10.5. The van der Waals surface area contributed by atoms with Crippen LogP contribution in [-0.2, 0) is 6.54 Å². The van der Waals surface area contributed by atoms with Crippen LogP contribution in [0.3, 0.4) is 0 Å². The fourth-order valence-electron chi connectivity index (χ4n) is 5.36. The number of nitrogens with zero attached hydrogens (tertiary/aromatic N) is 5. The first-order chi connectivity index (χ1) is 18.9. The lowest BCUT2D eigenvalue weighted by molar-refractivity contribution is -0.0566. The van der Waals surface area contributed by atoms with Gasteiger partial charge in [-0.05, 0) is 60.7 Å². The summed E-state index contributed by atoms with van der Waals surface area (Å²) in [5.74, 6) is -1.95. The minimum Gasteiger partial charge on any atom is -0.357 e. The number of carbonyl (C=O) groups excluding carboxylic acids is 1. The molecule has 6 rings (SSSR count). The van der Waals surface area contributed by atoms with Crippen molar-refractivity contribution in [3.05, 3.63) is 66.2 Å². The van der Waals surface area contributed by atoms with Gasteiger partial charge in [-0.15, -0.1) is 0 Å². The number of likely N-dealkylation sites (tertiary alicyclic amines) is 1. The summed E-state index contributed by atoms with van der Waals surface area (Å²) in [5.41, 5.74) is 4.40. The molecule has 2 aliphatic rings. The number of H-pyrrole nitrogens is 1. The number of piperidine rings is 2. The lowest BCUT2D eigenvalue weighted by Crippen LogP contribution is -2.38. The van der Waals surface area contributed by atoms with E-state index >= 15 is 0 Å². The highest BCUT2D eigenvalue weighted by Crippen LogP contribution is 2.30. The summed E-state index contributed by atoms with van der Waals surface area (Å²) in [6, 6.07) is 11.6. The van der Waals surface area contributed by atoms with Crippen LogP contribution in [0.25, 0.3) is 22.0 Å². The molecule has 10 heteroatoms. The summed E-state index contributed by atoms with van der Waals surface area (Å²) in [6.45, 7) is 3.33. The van der Waals surface area contributed by atoms with E-state index in [0.29, 0.717) is 36.4 Å². The van der Waals surface area contributed by atoms with Gasteiger partial charge in [-0.1, -0.05) is 6.07 Å². The first kappa shape index (κ1) is 25.4. The van der Waals surface area contributed by atoms with E-state index in [1.165, 1.54) is 19.3 Å². The summed E-state index contributed by atoms with van der Waals surface area (Å²) in [4.78, 5) is 26.4. The molecule has 0 bridgehead atoms. The minimum absolute atomic E-state index is 0.110. The largest absolute Gasteiger partial charge is 0.357 e. The summed E-state index contributed by atoms with van der Waals surface area (Å²) < 4.78 is 27.0. The highest BCUT2D eigenvalue weighted by molar-refractivity contribution is 6.11. The van der Waals surface area contributed by atoms with Crippen LogP contribution < -0.4 is 10.2 Å². The number of aromatic amines is 1. The smallest absolute Gasteiger partial charge is 0.276 e. The van der Waals surface area contributed by atoms with Gasteiger partial charge < -0.3 is 10.2 Å². The van der Waals surface area contributed by atoms with Crippen LogP contribution >= 0.6 is 0 Å². The molecule has 2 aliphatic heterocycles. The summed E-state index contributed by atoms with van der Waals surface area (Å²) in [7, 11) is 0. The van der Waals surface area contributed by atoms with Crippen molar-refractivity contribution >= 4 is 28.3 Å². The molecule has 5 heterocycles. The first-order valence-electron chi connectivity index (χ1n) is 13.5. The average molecular weight is 532 g/mol. The van der Waals surface area contributed by atoms with E-state index in [2.05, 4.69) is 30.4 Å². The third kappa shape index (κ3) is 5.75. The Morgan fingerprint density at radius 1 is 0.949 bits per heavy atom. The van der Waals surface area contributed by atoms with Crippen molar-refractivity contribution in [3.63, 3.8) is 0 Å². The van der Waals surface area contributed by atoms with Crippen molar-refractivity contribution in [2.45, 2.75) is 44.6 Å². The molecule has 8 nitrogen and oxygen atoms in total. The summed E-state index contributed by atoms with van der Waals surface area (Å²) in [6.07, 6.45) is 8.61. The van der Waals surface area contributed by atoms with Crippen LogP contribution in [0.1, 0.15) is 48.2 Å². The SMILES string of the molecule is O=C(Nc1ccc(N2CCCCC2)nc1)c1n[nH]c2ccc(-c3cncc(CN4CCC(F)(F)CC4)c3)cc12. The van der Waals surface area contributed by atoms with Gasteiger partial charge in [0.25, 0.3) is 11.8 Å². The van der Waals surface area contributed by atoms with E-state index in [4.69, 9.17) is 0 Å². The van der Waals surface area contributed by atoms with Gasteiger partial charge in [-0.3, -0.25) is 19.8 Å². The molecule has 4 aromatic rings. The number of carbonyl (C=O) groups is 1. The lowest BCUT2D eigenvalue weighted by atomic mass is 10.0. The predicted octanol–water partition coefficient (Wildman–Crippen LogP) is 5.49. The molecule has 39 heavy (non-hydrogen) atoms. The molecular weight excluding hydrogens is 500 g/mol. The number of nitrogens with one attached hydrogen (secondary N) is 2. The number of pyridine rings is 2. The van der Waals surface area contributed by atoms with E-state index in [1.54, 1.807) is 18.6 Å². The molecule has 3 aromatic heterocycles. The van der Waals surface area contributed by atoms with Crippen LogP contribution in [-0.4, -0.2) is 63.1 Å². The molecule has 0 saturated carbocycles. The average Bonchev–Trinajstić information content (AvgIpc) is 3.39. The maximum Gasteiger partial charge on any atom is 0.276 e. The molecule has 2 saturated heterocycles. The number of fused-ring (bicyclic) bond motifs is 1. The van der Waals surface area contributed by atoms with Crippen LogP contribution in [0.5, 0.6) is 0 Å². The highest BCUT2D eigenvalue weighted by atomic mass is 19.3. The number of hydrogen-bond donors (Lipinski definition) is 2. The van der Waals surface area contributed by atoms with Crippen molar-refractivity contribution in [2.24, 2.45) is 0 Å². The van der Waals surface area contributed by atoms with Crippen LogP contribution in [0.2, 0.25) is 0 Å². The molecule has 0 unspecified atom stereocenters. The van der Waals surface area contributed by atoms with Gasteiger partial charge in [-0.25, -0.2) is 13.8 Å².